The van der Waals surface area contributed by atoms with Crippen LogP contribution < -0.4 is 14.6 Å². The van der Waals surface area contributed by atoms with Gasteiger partial charge >= 0.3 is 0 Å². The van der Waals surface area contributed by atoms with E-state index in [1.165, 1.54) is 22.6 Å². The lowest BCUT2D eigenvalue weighted by atomic mass is 10.0. The van der Waals surface area contributed by atoms with Crippen molar-refractivity contribution in [2.24, 2.45) is 7.05 Å². The van der Waals surface area contributed by atoms with Crippen molar-refractivity contribution in [3.63, 3.8) is 0 Å². The second-order valence-electron chi connectivity index (χ2n) is 9.34. The molecule has 0 saturated carbocycles. The Morgan fingerprint density at radius 2 is 2.18 bits per heavy atom. The molecule has 0 saturated heterocycles. The standard InChI is InChI=1S/C28H29FN4O3S2/c1-19(26-7-4-14-37-26)15-28(34)33(18-27-30-12-13-32(27)2)22-10-8-20-9-11-25(24(20)17-22)31-36-38-35-23-6-3-5-21(29)16-23/h3-8,10,12-14,16-17,19,25,31H,9,11,15,18H2,1-2H3/t19-,25?/m0/s1. The monoisotopic (exact) mass is 552 g/mol. The third kappa shape index (κ3) is 6.27. The van der Waals surface area contributed by atoms with Crippen molar-refractivity contribution in [1.29, 1.82) is 0 Å². The number of anilines is 1. The first-order valence-corrected chi connectivity index (χ1v) is 14.0. The summed E-state index contributed by atoms with van der Waals surface area (Å²) in [5, 5.41) is 2.04. The number of nitrogens with zero attached hydrogens (tertiary/aromatic N) is 3. The second kappa shape index (κ2) is 12.1. The third-order valence-corrected chi connectivity index (χ3v) is 8.23. The number of carbonyl (C=O) groups is 1. The Balaban J connectivity index is 1.30. The summed E-state index contributed by atoms with van der Waals surface area (Å²) in [5.74, 6) is 0.978. The molecule has 0 radical (unpaired) electrons. The van der Waals surface area contributed by atoms with Gasteiger partial charge in [0.15, 0.2) is 0 Å². The Hall–Kier alpha value is -3.18. The fourth-order valence-electron chi connectivity index (χ4n) is 4.59. The molecule has 1 unspecified atom stereocenters. The minimum atomic E-state index is -0.372. The molecule has 1 aliphatic carbocycles. The molecule has 2 aromatic carbocycles. The maximum Gasteiger partial charge on any atom is 0.244 e. The quantitative estimate of drug-likeness (QED) is 0.130. The third-order valence-electron chi connectivity index (χ3n) is 6.70. The number of halogens is 1. The van der Waals surface area contributed by atoms with Crippen LogP contribution in [-0.4, -0.2) is 15.5 Å². The molecule has 2 atom stereocenters. The lowest BCUT2D eigenvalue weighted by molar-refractivity contribution is -0.119. The van der Waals surface area contributed by atoms with Crippen molar-refractivity contribution in [2.45, 2.75) is 44.7 Å². The van der Waals surface area contributed by atoms with Crippen molar-refractivity contribution in [3.05, 3.63) is 100 Å². The van der Waals surface area contributed by atoms with E-state index in [0.29, 0.717) is 18.7 Å². The van der Waals surface area contributed by atoms with Gasteiger partial charge in [-0.2, -0.15) is 9.76 Å². The predicted molar refractivity (Wildman–Crippen MR) is 148 cm³/mol. The summed E-state index contributed by atoms with van der Waals surface area (Å²) in [6.45, 7) is 2.47. The van der Waals surface area contributed by atoms with Gasteiger partial charge in [-0.25, -0.2) is 9.37 Å². The minimum absolute atomic E-state index is 0.0478. The number of imidazole rings is 1. The number of aryl methyl sites for hydroxylation is 2. The Labute approximate surface area is 230 Å². The van der Waals surface area contributed by atoms with Crippen molar-refractivity contribution < 1.29 is 17.7 Å². The Morgan fingerprint density at radius 3 is 2.95 bits per heavy atom. The molecule has 0 bridgehead atoms. The molecule has 1 N–H and O–H groups in total. The fourth-order valence-corrected chi connectivity index (χ4v) is 5.75. The lowest BCUT2D eigenvalue weighted by Crippen LogP contribution is -2.32. The highest BCUT2D eigenvalue weighted by Gasteiger charge is 2.27. The van der Waals surface area contributed by atoms with Crippen LogP contribution in [0.25, 0.3) is 0 Å². The average molecular weight is 553 g/mol. The number of rotatable bonds is 11. The molecule has 198 valence electrons. The number of hydrogen-bond acceptors (Lipinski definition) is 7. The van der Waals surface area contributed by atoms with Gasteiger partial charge in [0.05, 0.1) is 12.6 Å². The van der Waals surface area contributed by atoms with E-state index in [1.54, 1.807) is 29.7 Å². The van der Waals surface area contributed by atoms with Gasteiger partial charge < -0.3 is 13.7 Å². The van der Waals surface area contributed by atoms with Gasteiger partial charge in [0.25, 0.3) is 0 Å². The van der Waals surface area contributed by atoms with E-state index in [2.05, 4.69) is 35.6 Å². The van der Waals surface area contributed by atoms with Crippen LogP contribution >= 0.6 is 23.7 Å². The number of fused-ring (bicyclic) bond motifs is 1. The highest BCUT2D eigenvalue weighted by molar-refractivity contribution is 7.90. The molecular formula is C28H29FN4O3S2. The fraction of sp³-hybridized carbons (Fsp3) is 0.286. The summed E-state index contributed by atoms with van der Waals surface area (Å²) in [6.07, 6.45) is 5.78. The summed E-state index contributed by atoms with van der Waals surface area (Å²) in [6, 6.07) is 16.1. The first kappa shape index (κ1) is 26.4. The number of aromatic nitrogens is 2. The summed E-state index contributed by atoms with van der Waals surface area (Å²) in [4.78, 5) is 21.1. The number of carbonyl (C=O) groups excluding carboxylic acids is 1. The van der Waals surface area contributed by atoms with Gasteiger partial charge in [0.2, 0.25) is 18.2 Å². The van der Waals surface area contributed by atoms with Gasteiger partial charge in [0, 0.05) is 42.5 Å². The van der Waals surface area contributed by atoms with Crippen LogP contribution in [0.15, 0.2) is 72.4 Å². The van der Waals surface area contributed by atoms with Crippen LogP contribution in [0.2, 0.25) is 0 Å². The topological polar surface area (TPSA) is 68.6 Å². The molecule has 1 aliphatic rings. The van der Waals surface area contributed by atoms with Gasteiger partial charge in [0.1, 0.15) is 17.4 Å². The Bertz CT molecular complexity index is 1380. The molecule has 2 aromatic heterocycles. The number of hydrogen-bond donors (Lipinski definition) is 1. The smallest absolute Gasteiger partial charge is 0.244 e. The van der Waals surface area contributed by atoms with Crippen LogP contribution in [0.5, 0.6) is 5.75 Å². The van der Waals surface area contributed by atoms with E-state index in [4.69, 9.17) is 8.47 Å². The first-order valence-electron chi connectivity index (χ1n) is 12.4. The van der Waals surface area contributed by atoms with Gasteiger partial charge in [-0.1, -0.05) is 25.1 Å². The van der Waals surface area contributed by atoms with Gasteiger partial charge in [-0.05, 0) is 65.6 Å². The Kier molecular flexibility index (Phi) is 8.43. The number of nitrogens with one attached hydrogen (secondary N) is 1. The highest BCUT2D eigenvalue weighted by Crippen LogP contribution is 2.36. The lowest BCUT2D eigenvalue weighted by Gasteiger charge is -2.25. The highest BCUT2D eigenvalue weighted by atomic mass is 32.2. The van der Waals surface area contributed by atoms with E-state index in [9.17, 15) is 9.18 Å². The summed E-state index contributed by atoms with van der Waals surface area (Å²) in [7, 11) is 1.93. The minimum Gasteiger partial charge on any atom is -0.399 e. The average Bonchev–Trinajstić information content (AvgIpc) is 3.67. The predicted octanol–water partition coefficient (Wildman–Crippen LogP) is 6.50. The molecule has 7 nitrogen and oxygen atoms in total. The largest absolute Gasteiger partial charge is 0.399 e. The molecule has 0 aliphatic heterocycles. The zero-order valence-corrected chi connectivity index (χ0v) is 22.8. The Morgan fingerprint density at radius 1 is 1.29 bits per heavy atom. The van der Waals surface area contributed by atoms with E-state index < -0.39 is 0 Å². The second-order valence-corrected chi connectivity index (χ2v) is 10.8. The van der Waals surface area contributed by atoms with Gasteiger partial charge in [-0.3, -0.25) is 4.79 Å². The van der Waals surface area contributed by atoms with E-state index in [1.807, 2.05) is 40.2 Å². The van der Waals surface area contributed by atoms with Crippen molar-refractivity contribution in [2.75, 3.05) is 4.90 Å². The van der Waals surface area contributed by atoms with Gasteiger partial charge in [-0.15, -0.1) is 11.3 Å². The number of benzene rings is 2. The summed E-state index contributed by atoms with van der Waals surface area (Å²) in [5.41, 5.74) is 6.17. The normalized spacial score (nSPS) is 15.3. The number of thiophene rings is 1. The van der Waals surface area contributed by atoms with E-state index in [0.717, 1.165) is 42.2 Å². The molecule has 10 heteroatoms. The summed E-state index contributed by atoms with van der Waals surface area (Å²) >= 11 is 2.42. The van der Waals surface area contributed by atoms with Crippen LogP contribution in [0.3, 0.4) is 0 Å². The molecule has 2 heterocycles. The first-order chi connectivity index (χ1) is 18.5. The van der Waals surface area contributed by atoms with Crippen LogP contribution in [0.4, 0.5) is 10.1 Å². The molecular weight excluding hydrogens is 523 g/mol. The van der Waals surface area contributed by atoms with Crippen LogP contribution in [-0.2, 0) is 29.1 Å². The SMILES string of the molecule is C[C@@H](CC(=O)N(Cc1nccn1C)c1ccc2c(c1)C(NOSOc1cccc(F)c1)CC2)c1cccs1. The van der Waals surface area contributed by atoms with E-state index >= 15 is 0 Å². The molecule has 0 spiro atoms. The maximum absolute atomic E-state index is 13.6. The molecule has 1 amide bonds. The number of hydroxylamine groups is 1. The zero-order valence-electron chi connectivity index (χ0n) is 21.2. The summed E-state index contributed by atoms with van der Waals surface area (Å²) < 4.78 is 26.2. The number of amides is 1. The van der Waals surface area contributed by atoms with Crippen LogP contribution in [0, 0.1) is 5.82 Å². The molecule has 38 heavy (non-hydrogen) atoms. The zero-order chi connectivity index (χ0) is 26.5. The molecule has 5 rings (SSSR count). The van der Waals surface area contributed by atoms with E-state index in [-0.39, 0.29) is 23.7 Å². The van der Waals surface area contributed by atoms with Crippen molar-refractivity contribution in [1.82, 2.24) is 15.0 Å². The molecule has 4 aromatic rings. The van der Waals surface area contributed by atoms with Crippen molar-refractivity contribution >= 4 is 35.3 Å². The van der Waals surface area contributed by atoms with Crippen molar-refractivity contribution in [3.8, 4) is 5.75 Å². The maximum atomic E-state index is 13.6. The van der Waals surface area contributed by atoms with Crippen LogP contribution in [0.1, 0.15) is 53.6 Å². The molecule has 0 fully saturated rings.